The van der Waals surface area contributed by atoms with Gasteiger partial charge in [0.2, 0.25) is 0 Å². The van der Waals surface area contributed by atoms with Gasteiger partial charge >= 0.3 is 0 Å². The van der Waals surface area contributed by atoms with E-state index in [1.807, 2.05) is 0 Å². The van der Waals surface area contributed by atoms with Crippen molar-refractivity contribution in [2.45, 2.75) is 45.7 Å². The van der Waals surface area contributed by atoms with Gasteiger partial charge in [0.1, 0.15) is 12.4 Å². The number of hydrogen-bond acceptors (Lipinski definition) is 3. The van der Waals surface area contributed by atoms with Crippen LogP contribution in [0.25, 0.3) is 0 Å². The van der Waals surface area contributed by atoms with E-state index in [1.165, 1.54) is 5.69 Å². The van der Waals surface area contributed by atoms with Gasteiger partial charge in [0.15, 0.2) is 0 Å². The zero-order valence-corrected chi connectivity index (χ0v) is 11.5. The van der Waals surface area contributed by atoms with E-state index in [1.54, 1.807) is 0 Å². The number of aromatic nitrogens is 2. The average molecular weight is 273 g/mol. The number of ether oxygens (including phenoxy) is 1. The molecule has 2 heterocycles. The van der Waals surface area contributed by atoms with Gasteiger partial charge in [0.05, 0.1) is 12.3 Å². The molecular weight excluding hydrogens is 252 g/mol. The number of fused-ring (bicyclic) bond motifs is 1. The quantitative estimate of drug-likeness (QED) is 0.805. The lowest BCUT2D eigenvalue weighted by Gasteiger charge is -2.17. The highest BCUT2D eigenvalue weighted by atomic mass is 19.3. The van der Waals surface area contributed by atoms with E-state index in [0.29, 0.717) is 19.1 Å². The molecule has 2 rings (SSSR count). The van der Waals surface area contributed by atoms with Crippen LogP contribution in [-0.4, -0.2) is 35.7 Å². The first-order valence-corrected chi connectivity index (χ1v) is 6.74. The molecule has 108 valence electrons. The third-order valence-electron chi connectivity index (χ3n) is 3.24. The average Bonchev–Trinajstić information content (AvgIpc) is 2.73. The number of nitrogens with zero attached hydrogens (tertiary/aromatic N) is 2. The normalized spacial score (nSPS) is 15.3. The smallest absolute Gasteiger partial charge is 0.261 e. The Kier molecular flexibility index (Phi) is 4.87. The van der Waals surface area contributed by atoms with Gasteiger partial charge in [0, 0.05) is 37.7 Å². The number of halogens is 2. The number of imidazole rings is 1. The Bertz CT molecular complexity index is 418. The minimum atomic E-state index is -2.40. The summed E-state index contributed by atoms with van der Waals surface area (Å²) in [6.45, 7) is 6.34. The summed E-state index contributed by atoms with van der Waals surface area (Å²) in [5.74, 6) is 1.34. The first-order chi connectivity index (χ1) is 9.09. The number of rotatable bonds is 6. The minimum Gasteiger partial charge on any atom is -0.374 e. The molecule has 0 unspecified atom stereocenters. The molecule has 4 nitrogen and oxygen atoms in total. The third-order valence-corrected chi connectivity index (χ3v) is 3.24. The van der Waals surface area contributed by atoms with E-state index < -0.39 is 13.0 Å². The Morgan fingerprint density at radius 2 is 2.21 bits per heavy atom. The van der Waals surface area contributed by atoms with Crippen molar-refractivity contribution in [1.82, 2.24) is 14.9 Å². The van der Waals surface area contributed by atoms with E-state index >= 15 is 0 Å². The van der Waals surface area contributed by atoms with Gasteiger partial charge in [-0.1, -0.05) is 13.8 Å². The molecule has 0 radical (unpaired) electrons. The first kappa shape index (κ1) is 14.4. The molecule has 0 aromatic carbocycles. The topological polar surface area (TPSA) is 39.1 Å². The van der Waals surface area contributed by atoms with Gasteiger partial charge in [-0.15, -0.1) is 0 Å². The summed E-state index contributed by atoms with van der Waals surface area (Å²) in [5, 5.41) is 3.30. The van der Waals surface area contributed by atoms with Gasteiger partial charge in [0.25, 0.3) is 6.43 Å². The second-order valence-corrected chi connectivity index (χ2v) is 5.06. The predicted molar refractivity (Wildman–Crippen MR) is 68.5 cm³/mol. The van der Waals surface area contributed by atoms with E-state index in [2.05, 4.69) is 28.7 Å². The van der Waals surface area contributed by atoms with Crippen LogP contribution in [0, 0.1) is 0 Å². The number of nitrogens with one attached hydrogen (secondary N) is 1. The van der Waals surface area contributed by atoms with Crippen molar-refractivity contribution >= 4 is 0 Å². The maximum absolute atomic E-state index is 12.0. The zero-order valence-electron chi connectivity index (χ0n) is 11.5. The summed E-state index contributed by atoms with van der Waals surface area (Å²) in [6.07, 6.45) is -1.46. The van der Waals surface area contributed by atoms with Crippen molar-refractivity contribution in [3.63, 3.8) is 0 Å². The summed E-state index contributed by atoms with van der Waals surface area (Å²) in [6, 6.07) is 0. The van der Waals surface area contributed by atoms with Crippen LogP contribution >= 0.6 is 0 Å². The van der Waals surface area contributed by atoms with Crippen molar-refractivity contribution in [3.05, 3.63) is 17.2 Å². The maximum atomic E-state index is 12.0. The maximum Gasteiger partial charge on any atom is 0.261 e. The SMILES string of the molecule is CC(C)c1nc2c(n1CCOCC(F)F)CCNC2. The molecule has 0 saturated heterocycles. The fourth-order valence-corrected chi connectivity index (χ4v) is 2.41. The van der Waals surface area contributed by atoms with Crippen molar-refractivity contribution in [2.75, 3.05) is 19.8 Å². The van der Waals surface area contributed by atoms with E-state index in [-0.39, 0.29) is 0 Å². The third kappa shape index (κ3) is 3.51. The molecule has 0 aliphatic carbocycles. The largest absolute Gasteiger partial charge is 0.374 e. The Balaban J connectivity index is 2.06. The van der Waals surface area contributed by atoms with Gasteiger partial charge in [-0.25, -0.2) is 13.8 Å². The second-order valence-electron chi connectivity index (χ2n) is 5.06. The van der Waals surface area contributed by atoms with Crippen LogP contribution < -0.4 is 5.32 Å². The summed E-state index contributed by atoms with van der Waals surface area (Å²) < 4.78 is 31.2. The van der Waals surface area contributed by atoms with E-state index in [9.17, 15) is 8.78 Å². The molecule has 1 aliphatic rings. The first-order valence-electron chi connectivity index (χ1n) is 6.74. The summed E-state index contributed by atoms with van der Waals surface area (Å²) >= 11 is 0. The van der Waals surface area contributed by atoms with Crippen molar-refractivity contribution in [2.24, 2.45) is 0 Å². The van der Waals surface area contributed by atoms with Crippen molar-refractivity contribution < 1.29 is 13.5 Å². The fourth-order valence-electron chi connectivity index (χ4n) is 2.41. The highest BCUT2D eigenvalue weighted by Crippen LogP contribution is 2.21. The molecule has 1 aliphatic heterocycles. The van der Waals surface area contributed by atoms with Gasteiger partial charge < -0.3 is 14.6 Å². The van der Waals surface area contributed by atoms with Crippen LogP contribution in [0.5, 0.6) is 0 Å². The molecule has 0 atom stereocenters. The van der Waals surface area contributed by atoms with Crippen LogP contribution in [0.3, 0.4) is 0 Å². The summed E-state index contributed by atoms with van der Waals surface area (Å²) in [7, 11) is 0. The zero-order chi connectivity index (χ0) is 13.8. The summed E-state index contributed by atoms with van der Waals surface area (Å²) in [5.41, 5.74) is 2.31. The van der Waals surface area contributed by atoms with Crippen LogP contribution in [0.4, 0.5) is 8.78 Å². The predicted octanol–water partition coefficient (Wildman–Crippen LogP) is 1.93. The lowest BCUT2D eigenvalue weighted by Crippen LogP contribution is -2.25. The Morgan fingerprint density at radius 1 is 1.42 bits per heavy atom. The van der Waals surface area contributed by atoms with E-state index in [4.69, 9.17) is 4.74 Å². The molecule has 0 saturated carbocycles. The molecule has 1 N–H and O–H groups in total. The lowest BCUT2D eigenvalue weighted by atomic mass is 10.2. The summed E-state index contributed by atoms with van der Waals surface area (Å²) in [4.78, 5) is 4.66. The molecule has 0 amide bonds. The fraction of sp³-hybridized carbons (Fsp3) is 0.769. The Labute approximate surface area is 112 Å². The van der Waals surface area contributed by atoms with Crippen LogP contribution in [0.2, 0.25) is 0 Å². The second kappa shape index (κ2) is 6.43. The van der Waals surface area contributed by atoms with E-state index in [0.717, 1.165) is 31.0 Å². The van der Waals surface area contributed by atoms with Crippen molar-refractivity contribution in [3.8, 4) is 0 Å². The molecular formula is C13H21F2N3O. The number of alkyl halides is 2. The van der Waals surface area contributed by atoms with Crippen LogP contribution in [0.15, 0.2) is 0 Å². The van der Waals surface area contributed by atoms with Crippen molar-refractivity contribution in [1.29, 1.82) is 0 Å². The Morgan fingerprint density at radius 3 is 2.89 bits per heavy atom. The molecule has 19 heavy (non-hydrogen) atoms. The highest BCUT2D eigenvalue weighted by Gasteiger charge is 2.20. The van der Waals surface area contributed by atoms with Gasteiger partial charge in [-0.3, -0.25) is 0 Å². The van der Waals surface area contributed by atoms with Crippen LogP contribution in [-0.2, 0) is 24.2 Å². The lowest BCUT2D eigenvalue weighted by molar-refractivity contribution is 0.0144. The van der Waals surface area contributed by atoms with Gasteiger partial charge in [-0.05, 0) is 0 Å². The molecule has 1 aromatic rings. The molecule has 0 fully saturated rings. The molecule has 6 heteroatoms. The highest BCUT2D eigenvalue weighted by molar-refractivity contribution is 5.21. The number of hydrogen-bond donors (Lipinski definition) is 1. The monoisotopic (exact) mass is 273 g/mol. The Hall–Kier alpha value is -1.01. The van der Waals surface area contributed by atoms with Crippen LogP contribution in [0.1, 0.15) is 37.0 Å². The molecule has 0 bridgehead atoms. The molecule has 0 spiro atoms. The molecule has 1 aromatic heterocycles. The minimum absolute atomic E-state index is 0.306. The van der Waals surface area contributed by atoms with Gasteiger partial charge in [-0.2, -0.15) is 0 Å². The standard InChI is InChI=1S/C13H21F2N3O/c1-9(2)13-17-10-7-16-4-3-11(10)18(13)5-6-19-8-12(14)15/h9,12,16H,3-8H2,1-2H3.